The van der Waals surface area contributed by atoms with Crippen LogP contribution in [0.1, 0.15) is 17.5 Å². The van der Waals surface area contributed by atoms with Crippen molar-refractivity contribution < 1.29 is 22.8 Å². The van der Waals surface area contributed by atoms with Crippen molar-refractivity contribution in [3.8, 4) is 5.75 Å². The third-order valence-corrected chi connectivity index (χ3v) is 6.76. The number of ether oxygens (including phenoxy) is 1. The van der Waals surface area contributed by atoms with Crippen LogP contribution in [0.15, 0.2) is 54.6 Å². The van der Waals surface area contributed by atoms with Crippen LogP contribution in [0.3, 0.4) is 0 Å². The summed E-state index contributed by atoms with van der Waals surface area (Å²) < 4.78 is 44.8. The molecule has 2 aliphatic rings. The van der Waals surface area contributed by atoms with Gasteiger partial charge in [0.2, 0.25) is 0 Å². The summed E-state index contributed by atoms with van der Waals surface area (Å²) in [6, 6.07) is 15.7. The molecular formula is C20H20BrF3NO+. The highest BCUT2D eigenvalue weighted by Gasteiger charge is 2.56. The van der Waals surface area contributed by atoms with Crippen LogP contribution in [0.5, 0.6) is 5.75 Å². The fourth-order valence-corrected chi connectivity index (χ4v) is 5.44. The standard InChI is InChI=1S/C20H19BrF3NO/c21-18-14-9-17(26-16-8-4-7-15(10-16)20(22,23)24)19(18)25(12-14)11-13-5-2-1-3-6-13/h1-8,10,14,17-19H,9,11-12H2/p+1/t14-,17+,18-,19-/m1/s1. The van der Waals surface area contributed by atoms with E-state index in [9.17, 15) is 13.2 Å². The Morgan fingerprint density at radius 1 is 1.08 bits per heavy atom. The maximum Gasteiger partial charge on any atom is 0.416 e. The van der Waals surface area contributed by atoms with Crippen molar-refractivity contribution in [2.45, 2.75) is 36.1 Å². The fraction of sp³-hybridized carbons (Fsp3) is 0.400. The Morgan fingerprint density at radius 3 is 2.54 bits per heavy atom. The van der Waals surface area contributed by atoms with Crippen molar-refractivity contribution in [2.75, 3.05) is 6.54 Å². The Hall–Kier alpha value is -1.53. The lowest BCUT2D eigenvalue weighted by molar-refractivity contribution is -0.933. The Bertz CT molecular complexity index is 767. The molecule has 2 nitrogen and oxygen atoms in total. The van der Waals surface area contributed by atoms with E-state index in [0.717, 1.165) is 31.6 Å². The van der Waals surface area contributed by atoms with E-state index in [1.807, 2.05) is 18.2 Å². The van der Waals surface area contributed by atoms with Crippen molar-refractivity contribution in [3.05, 3.63) is 65.7 Å². The highest BCUT2D eigenvalue weighted by Crippen LogP contribution is 2.38. The average Bonchev–Trinajstić information content (AvgIpc) is 3.06. The van der Waals surface area contributed by atoms with Gasteiger partial charge in [-0.05, 0) is 24.6 Å². The smallest absolute Gasteiger partial charge is 0.416 e. The zero-order valence-corrected chi connectivity index (χ0v) is 15.6. The molecule has 1 heterocycles. The van der Waals surface area contributed by atoms with Crippen molar-refractivity contribution >= 4 is 15.9 Å². The second kappa shape index (κ2) is 6.89. The molecule has 4 rings (SSSR count). The molecule has 1 aliphatic carbocycles. The third kappa shape index (κ3) is 3.49. The molecule has 1 N–H and O–H groups in total. The number of piperidine rings is 1. The molecule has 0 spiro atoms. The van der Waals surface area contributed by atoms with Crippen LogP contribution in [0.25, 0.3) is 0 Å². The van der Waals surface area contributed by atoms with E-state index in [1.165, 1.54) is 16.5 Å². The molecule has 26 heavy (non-hydrogen) atoms. The second-order valence-electron chi connectivity index (χ2n) is 7.17. The molecule has 2 aromatic rings. The molecule has 138 valence electrons. The van der Waals surface area contributed by atoms with Crippen molar-refractivity contribution in [1.82, 2.24) is 0 Å². The minimum atomic E-state index is -4.35. The van der Waals surface area contributed by atoms with Crippen LogP contribution in [0.2, 0.25) is 0 Å². The fourth-order valence-electron chi connectivity index (χ4n) is 4.32. The van der Waals surface area contributed by atoms with Crippen LogP contribution < -0.4 is 9.64 Å². The molecule has 0 aromatic heterocycles. The van der Waals surface area contributed by atoms with Gasteiger partial charge in [0.05, 0.1) is 16.9 Å². The molecule has 0 radical (unpaired) electrons. The number of fused-ring (bicyclic) bond motifs is 2. The number of halogens is 4. The van der Waals surface area contributed by atoms with E-state index < -0.39 is 11.7 Å². The number of likely N-dealkylation sites (tertiary alicyclic amines) is 1. The van der Waals surface area contributed by atoms with Gasteiger partial charge >= 0.3 is 6.18 Å². The summed E-state index contributed by atoms with van der Waals surface area (Å²) in [7, 11) is 0. The zero-order valence-electron chi connectivity index (χ0n) is 14.0. The minimum absolute atomic E-state index is 0.0691. The first-order valence-corrected chi connectivity index (χ1v) is 9.70. The van der Waals surface area contributed by atoms with E-state index in [-0.39, 0.29) is 12.1 Å². The molecule has 5 atom stereocenters. The molecule has 6 heteroatoms. The maximum atomic E-state index is 12.9. The lowest BCUT2D eigenvalue weighted by atomic mass is 10.1. The molecule has 2 bridgehead atoms. The predicted molar refractivity (Wildman–Crippen MR) is 96.4 cm³/mol. The van der Waals surface area contributed by atoms with Gasteiger partial charge in [0.1, 0.15) is 18.3 Å². The number of hydrogen-bond acceptors (Lipinski definition) is 1. The van der Waals surface area contributed by atoms with Gasteiger partial charge in [-0.3, -0.25) is 0 Å². The molecule has 1 saturated carbocycles. The Labute approximate surface area is 159 Å². The van der Waals surface area contributed by atoms with Gasteiger partial charge in [-0.1, -0.05) is 52.3 Å². The molecule has 1 saturated heterocycles. The predicted octanol–water partition coefficient (Wildman–Crippen LogP) is 3.70. The van der Waals surface area contributed by atoms with E-state index >= 15 is 0 Å². The highest BCUT2D eigenvalue weighted by molar-refractivity contribution is 9.09. The lowest BCUT2D eigenvalue weighted by Gasteiger charge is -2.31. The molecular weight excluding hydrogens is 407 g/mol. The summed E-state index contributed by atoms with van der Waals surface area (Å²) in [5.74, 6) is 0.797. The average molecular weight is 427 g/mol. The minimum Gasteiger partial charge on any atom is -0.484 e. The molecule has 2 fully saturated rings. The number of quaternary nitrogens is 1. The van der Waals surface area contributed by atoms with Crippen molar-refractivity contribution in [3.63, 3.8) is 0 Å². The second-order valence-corrected chi connectivity index (χ2v) is 8.23. The largest absolute Gasteiger partial charge is 0.484 e. The highest BCUT2D eigenvalue weighted by atomic mass is 79.9. The molecule has 0 amide bonds. The van der Waals surface area contributed by atoms with E-state index in [0.29, 0.717) is 16.5 Å². The van der Waals surface area contributed by atoms with Gasteiger partial charge in [0.15, 0.2) is 6.10 Å². The summed E-state index contributed by atoms with van der Waals surface area (Å²) in [5, 5.41) is 0. The summed E-state index contributed by atoms with van der Waals surface area (Å²) in [6.07, 6.45) is -3.54. The lowest BCUT2D eigenvalue weighted by Crippen LogP contribution is -3.15. The molecule has 2 aromatic carbocycles. The first-order valence-electron chi connectivity index (χ1n) is 8.78. The van der Waals surface area contributed by atoms with Gasteiger partial charge in [0, 0.05) is 11.5 Å². The third-order valence-electron chi connectivity index (χ3n) is 5.45. The van der Waals surface area contributed by atoms with Gasteiger partial charge < -0.3 is 9.64 Å². The van der Waals surface area contributed by atoms with Gasteiger partial charge in [-0.25, -0.2) is 0 Å². The maximum absolute atomic E-state index is 12.9. The van der Waals surface area contributed by atoms with Crippen LogP contribution in [0.4, 0.5) is 13.2 Å². The van der Waals surface area contributed by atoms with Gasteiger partial charge in [-0.15, -0.1) is 0 Å². The summed E-state index contributed by atoms with van der Waals surface area (Å²) in [6.45, 7) is 1.98. The summed E-state index contributed by atoms with van der Waals surface area (Å²) >= 11 is 3.80. The summed E-state index contributed by atoms with van der Waals surface area (Å²) in [4.78, 5) is 1.78. The number of benzene rings is 2. The van der Waals surface area contributed by atoms with Crippen LogP contribution in [-0.4, -0.2) is 23.5 Å². The van der Waals surface area contributed by atoms with E-state index in [4.69, 9.17) is 4.74 Å². The zero-order chi connectivity index (χ0) is 18.3. The van der Waals surface area contributed by atoms with Crippen molar-refractivity contribution in [1.29, 1.82) is 0 Å². The summed E-state index contributed by atoms with van der Waals surface area (Å²) in [5.41, 5.74) is 0.606. The van der Waals surface area contributed by atoms with E-state index in [1.54, 1.807) is 6.07 Å². The van der Waals surface area contributed by atoms with Gasteiger partial charge in [-0.2, -0.15) is 13.2 Å². The normalized spacial score (nSPS) is 30.5. The van der Waals surface area contributed by atoms with Crippen molar-refractivity contribution in [2.24, 2.45) is 5.92 Å². The Balaban J connectivity index is 1.49. The Morgan fingerprint density at radius 2 is 1.85 bits per heavy atom. The van der Waals surface area contributed by atoms with E-state index in [2.05, 4.69) is 28.1 Å². The van der Waals surface area contributed by atoms with Crippen LogP contribution >= 0.6 is 15.9 Å². The number of nitrogens with one attached hydrogen (secondary N) is 1. The van der Waals surface area contributed by atoms with Crippen LogP contribution in [-0.2, 0) is 12.7 Å². The van der Waals surface area contributed by atoms with Gasteiger partial charge in [0.25, 0.3) is 0 Å². The molecule has 1 aliphatic heterocycles. The number of hydrogen-bond donors (Lipinski definition) is 1. The first-order chi connectivity index (χ1) is 12.4. The quantitative estimate of drug-likeness (QED) is 0.735. The number of alkyl halides is 4. The monoisotopic (exact) mass is 426 g/mol. The first kappa shape index (κ1) is 17.9. The Kier molecular flexibility index (Phi) is 4.73. The number of rotatable bonds is 4. The topological polar surface area (TPSA) is 13.7 Å². The van der Waals surface area contributed by atoms with Crippen LogP contribution in [0, 0.1) is 5.92 Å². The molecule has 1 unspecified atom stereocenters. The SMILES string of the molecule is FC(F)(F)c1cccc(O[C@H]2C[C@@H]3C[NH+](Cc4ccccc4)[C@H]2[C@@H]3Br)c1.